The summed E-state index contributed by atoms with van der Waals surface area (Å²) in [7, 11) is 0. The molecule has 4 aromatic rings. The van der Waals surface area contributed by atoms with Crippen molar-refractivity contribution in [3.05, 3.63) is 60.2 Å². The van der Waals surface area contributed by atoms with Gasteiger partial charge >= 0.3 is 0 Å². The van der Waals surface area contributed by atoms with Gasteiger partial charge in [0.2, 0.25) is 0 Å². The second-order valence-electron chi connectivity index (χ2n) is 7.40. The van der Waals surface area contributed by atoms with Gasteiger partial charge in [-0.2, -0.15) is 0 Å². The maximum Gasteiger partial charge on any atom is 0.0558 e. The monoisotopic (exact) mass is 412 g/mol. The van der Waals surface area contributed by atoms with Gasteiger partial charge in [0, 0.05) is 19.6 Å². The molecule has 0 aliphatic carbocycles. The highest BCUT2D eigenvalue weighted by molar-refractivity contribution is 6.23. The molecule has 5 heteroatoms. The zero-order valence-electron chi connectivity index (χ0n) is 16.6. The predicted molar refractivity (Wildman–Crippen MR) is 124 cm³/mol. The number of nitrogens with one attached hydrogen (secondary N) is 1. The van der Waals surface area contributed by atoms with Crippen molar-refractivity contribution < 1.29 is 10.2 Å². The van der Waals surface area contributed by atoms with Gasteiger partial charge in [-0.1, -0.05) is 54.6 Å². The molecule has 29 heavy (non-hydrogen) atoms. The molecule has 0 saturated carbocycles. The van der Waals surface area contributed by atoms with Crippen molar-refractivity contribution in [3.63, 3.8) is 0 Å². The van der Waals surface area contributed by atoms with Crippen LogP contribution in [0.1, 0.15) is 12.0 Å². The summed E-state index contributed by atoms with van der Waals surface area (Å²) in [5.41, 5.74) is 1.33. The molecule has 0 saturated heterocycles. The minimum atomic E-state index is 0. The lowest BCUT2D eigenvalue weighted by Crippen LogP contribution is -2.32. The van der Waals surface area contributed by atoms with E-state index in [4.69, 9.17) is 10.2 Å². The molecule has 0 radical (unpaired) electrons. The molecule has 0 spiro atoms. The molecule has 0 unspecified atom stereocenters. The Labute approximate surface area is 177 Å². The number of hydrogen-bond acceptors (Lipinski definition) is 4. The molecule has 0 aromatic heterocycles. The van der Waals surface area contributed by atoms with Gasteiger partial charge in [-0.15, -0.1) is 12.4 Å². The summed E-state index contributed by atoms with van der Waals surface area (Å²) in [4.78, 5) is 2.10. The van der Waals surface area contributed by atoms with Crippen LogP contribution in [-0.4, -0.2) is 54.5 Å². The summed E-state index contributed by atoms with van der Waals surface area (Å²) < 4.78 is 0. The van der Waals surface area contributed by atoms with Crippen LogP contribution in [0.15, 0.2) is 54.6 Å². The number of halogens is 1. The lowest BCUT2D eigenvalue weighted by atomic mass is 9.92. The fourth-order valence-electron chi connectivity index (χ4n) is 4.22. The van der Waals surface area contributed by atoms with Crippen LogP contribution >= 0.6 is 12.4 Å². The average molecular weight is 413 g/mol. The summed E-state index contributed by atoms with van der Waals surface area (Å²) in [6.45, 7) is 4.15. The van der Waals surface area contributed by atoms with E-state index < -0.39 is 0 Å². The fraction of sp³-hybridized carbons (Fsp3) is 0.333. The van der Waals surface area contributed by atoms with Crippen LogP contribution in [0.25, 0.3) is 32.3 Å². The van der Waals surface area contributed by atoms with Crippen LogP contribution in [-0.2, 0) is 6.54 Å². The maximum absolute atomic E-state index is 9.09. The summed E-state index contributed by atoms with van der Waals surface area (Å²) in [6.07, 6.45) is 0.992. The van der Waals surface area contributed by atoms with E-state index >= 15 is 0 Å². The zero-order valence-corrected chi connectivity index (χ0v) is 17.4. The molecule has 0 atom stereocenters. The second-order valence-corrected chi connectivity index (χ2v) is 7.40. The van der Waals surface area contributed by atoms with Gasteiger partial charge in [0.1, 0.15) is 0 Å². The van der Waals surface area contributed by atoms with Crippen molar-refractivity contribution in [1.29, 1.82) is 0 Å². The van der Waals surface area contributed by atoms with E-state index in [1.807, 2.05) is 0 Å². The van der Waals surface area contributed by atoms with Crippen LogP contribution in [0.2, 0.25) is 0 Å². The van der Waals surface area contributed by atoms with Gasteiger partial charge in [-0.25, -0.2) is 0 Å². The van der Waals surface area contributed by atoms with Crippen molar-refractivity contribution in [2.24, 2.45) is 0 Å². The number of rotatable bonds is 10. The fourth-order valence-corrected chi connectivity index (χ4v) is 4.22. The average Bonchev–Trinajstić information content (AvgIpc) is 2.72. The number of nitrogens with zero attached hydrogens (tertiary/aromatic N) is 1. The van der Waals surface area contributed by atoms with Crippen LogP contribution in [0.3, 0.4) is 0 Å². The first kappa shape index (κ1) is 21.8. The number of aliphatic hydroxyl groups is 2. The normalized spacial score (nSPS) is 11.7. The molecular formula is C24H29ClN2O2. The molecule has 0 amide bonds. The van der Waals surface area contributed by atoms with Crippen LogP contribution in [0.5, 0.6) is 0 Å². The Hall–Kier alpha value is -1.95. The molecule has 0 aliphatic rings. The third-order valence-electron chi connectivity index (χ3n) is 5.59. The largest absolute Gasteiger partial charge is 0.395 e. The maximum atomic E-state index is 9.09. The Balaban J connectivity index is 0.00000240. The molecule has 0 fully saturated rings. The van der Waals surface area contributed by atoms with Crippen molar-refractivity contribution in [2.45, 2.75) is 13.0 Å². The first-order chi connectivity index (χ1) is 13.8. The molecule has 154 valence electrons. The SMILES string of the molecule is Cl.OCCN(CCO)CCCNCc1ccc2ccc3cccc4ccc1c2c34. The van der Waals surface area contributed by atoms with E-state index in [2.05, 4.69) is 64.8 Å². The van der Waals surface area contributed by atoms with Crippen molar-refractivity contribution in [2.75, 3.05) is 39.4 Å². The van der Waals surface area contributed by atoms with E-state index in [0.717, 1.165) is 26.1 Å². The molecule has 4 nitrogen and oxygen atoms in total. The Morgan fingerprint density at radius 2 is 1.34 bits per heavy atom. The molecule has 0 bridgehead atoms. The van der Waals surface area contributed by atoms with E-state index in [1.165, 1.54) is 37.9 Å². The van der Waals surface area contributed by atoms with Gasteiger partial charge in [0.05, 0.1) is 13.2 Å². The summed E-state index contributed by atoms with van der Waals surface area (Å²) in [5.74, 6) is 0. The van der Waals surface area contributed by atoms with Crippen LogP contribution in [0.4, 0.5) is 0 Å². The third kappa shape index (κ3) is 4.63. The number of benzene rings is 4. The molecule has 4 rings (SSSR count). The lowest BCUT2D eigenvalue weighted by Gasteiger charge is -2.20. The highest BCUT2D eigenvalue weighted by Crippen LogP contribution is 2.35. The Kier molecular flexibility index (Phi) is 7.64. The van der Waals surface area contributed by atoms with E-state index in [0.29, 0.717) is 13.1 Å². The van der Waals surface area contributed by atoms with Crippen molar-refractivity contribution in [3.8, 4) is 0 Å². The quantitative estimate of drug-likeness (QED) is 0.274. The van der Waals surface area contributed by atoms with Gasteiger partial charge in [0.25, 0.3) is 0 Å². The van der Waals surface area contributed by atoms with Gasteiger partial charge in [-0.3, -0.25) is 4.90 Å². The third-order valence-corrected chi connectivity index (χ3v) is 5.59. The van der Waals surface area contributed by atoms with E-state index in [-0.39, 0.29) is 25.6 Å². The van der Waals surface area contributed by atoms with Gasteiger partial charge in [-0.05, 0) is 57.4 Å². The first-order valence-corrected chi connectivity index (χ1v) is 10.1. The number of aliphatic hydroxyl groups excluding tert-OH is 2. The minimum absolute atomic E-state index is 0. The highest BCUT2D eigenvalue weighted by atomic mass is 35.5. The Bertz CT molecular complexity index is 1030. The minimum Gasteiger partial charge on any atom is -0.395 e. The highest BCUT2D eigenvalue weighted by Gasteiger charge is 2.10. The number of hydrogen-bond donors (Lipinski definition) is 3. The second kappa shape index (κ2) is 10.2. The van der Waals surface area contributed by atoms with E-state index in [1.54, 1.807) is 0 Å². The van der Waals surface area contributed by atoms with Crippen molar-refractivity contribution >= 4 is 44.7 Å². The first-order valence-electron chi connectivity index (χ1n) is 10.1. The molecule has 3 N–H and O–H groups in total. The summed E-state index contributed by atoms with van der Waals surface area (Å²) in [6, 6.07) is 19.9. The predicted octanol–water partition coefficient (Wildman–Crippen LogP) is 3.77. The van der Waals surface area contributed by atoms with Gasteiger partial charge in [0.15, 0.2) is 0 Å². The Morgan fingerprint density at radius 3 is 2.03 bits per heavy atom. The van der Waals surface area contributed by atoms with Crippen LogP contribution < -0.4 is 5.32 Å². The summed E-state index contributed by atoms with van der Waals surface area (Å²) in [5, 5.41) is 29.7. The molecule has 0 heterocycles. The van der Waals surface area contributed by atoms with Crippen LogP contribution in [0, 0.1) is 0 Å². The lowest BCUT2D eigenvalue weighted by molar-refractivity contribution is 0.160. The van der Waals surface area contributed by atoms with Crippen molar-refractivity contribution in [1.82, 2.24) is 10.2 Å². The molecule has 0 aliphatic heterocycles. The van der Waals surface area contributed by atoms with E-state index in [9.17, 15) is 0 Å². The zero-order chi connectivity index (χ0) is 19.3. The summed E-state index contributed by atoms with van der Waals surface area (Å²) >= 11 is 0. The smallest absolute Gasteiger partial charge is 0.0558 e. The standard InChI is InChI=1S/C24H28N2O2.ClH/c27-15-13-26(14-16-28)12-2-11-25-17-21-8-7-20-6-5-18-3-1-4-19-9-10-22(21)24(20)23(18)19;/h1,3-10,25,27-28H,2,11-17H2;1H. The van der Waals surface area contributed by atoms with Gasteiger partial charge < -0.3 is 15.5 Å². The molecular weight excluding hydrogens is 384 g/mol. The topological polar surface area (TPSA) is 55.7 Å². The Morgan fingerprint density at radius 1 is 0.724 bits per heavy atom. The molecule has 4 aromatic carbocycles.